The van der Waals surface area contributed by atoms with E-state index in [1.54, 1.807) is 26.4 Å². The van der Waals surface area contributed by atoms with Gasteiger partial charge in [0.25, 0.3) is 0 Å². The highest BCUT2D eigenvalue weighted by atomic mass is 32.2. The Balaban J connectivity index is 1.72. The molecule has 2 aromatic heterocycles. The standard InChI is InChI=1S/C28H30N4O4S/c1-7-31-26(21-13-23(35-5)16-24(14-21)36-6)29-30-28(31)37-25(27(33)34)15-20-12-18(3)32(19(20)4)22-10-8-9-17(2)11-22/h8-16H,7H2,1-6H3,(H,33,34)/b25-15+. The summed E-state index contributed by atoms with van der Waals surface area (Å²) >= 11 is 1.08. The van der Waals surface area contributed by atoms with E-state index in [4.69, 9.17) is 9.47 Å². The summed E-state index contributed by atoms with van der Waals surface area (Å²) in [6.45, 7) is 8.58. The van der Waals surface area contributed by atoms with E-state index >= 15 is 0 Å². The fourth-order valence-corrected chi connectivity index (χ4v) is 5.15. The van der Waals surface area contributed by atoms with Crippen LogP contribution in [0.5, 0.6) is 11.5 Å². The molecule has 9 heteroatoms. The van der Waals surface area contributed by atoms with Crippen LogP contribution < -0.4 is 9.47 Å². The molecule has 8 nitrogen and oxygen atoms in total. The molecule has 4 aromatic rings. The summed E-state index contributed by atoms with van der Waals surface area (Å²) < 4.78 is 14.8. The first kappa shape index (κ1) is 26.1. The highest BCUT2D eigenvalue weighted by Gasteiger charge is 2.20. The first-order valence-corrected chi connectivity index (χ1v) is 12.6. The molecule has 37 heavy (non-hydrogen) atoms. The molecule has 0 fully saturated rings. The average Bonchev–Trinajstić information content (AvgIpc) is 3.42. The van der Waals surface area contributed by atoms with E-state index in [9.17, 15) is 9.90 Å². The van der Waals surface area contributed by atoms with Gasteiger partial charge in [0.05, 0.1) is 14.2 Å². The molecule has 0 radical (unpaired) electrons. The second-order valence-electron chi connectivity index (χ2n) is 8.57. The second kappa shape index (κ2) is 11.0. The third kappa shape index (κ3) is 5.41. The minimum absolute atomic E-state index is 0.154. The predicted octanol–water partition coefficient (Wildman–Crippen LogP) is 5.92. The van der Waals surface area contributed by atoms with Gasteiger partial charge in [0, 0.05) is 35.2 Å². The van der Waals surface area contributed by atoms with Crippen LogP contribution >= 0.6 is 11.8 Å². The van der Waals surface area contributed by atoms with E-state index in [2.05, 4.69) is 33.8 Å². The fourth-order valence-electron chi connectivity index (χ4n) is 4.27. The Morgan fingerprint density at radius 1 is 1.03 bits per heavy atom. The Morgan fingerprint density at radius 3 is 2.32 bits per heavy atom. The van der Waals surface area contributed by atoms with Crippen molar-refractivity contribution in [1.82, 2.24) is 19.3 Å². The van der Waals surface area contributed by atoms with Gasteiger partial charge in [0.15, 0.2) is 11.0 Å². The van der Waals surface area contributed by atoms with Gasteiger partial charge in [0.2, 0.25) is 0 Å². The van der Waals surface area contributed by atoms with Crippen LogP contribution in [-0.4, -0.2) is 44.6 Å². The van der Waals surface area contributed by atoms with Crippen LogP contribution in [-0.2, 0) is 11.3 Å². The quantitative estimate of drug-likeness (QED) is 0.217. The van der Waals surface area contributed by atoms with Crippen LogP contribution in [0.1, 0.15) is 29.4 Å². The number of nitrogens with zero attached hydrogens (tertiary/aromatic N) is 4. The molecule has 0 aliphatic carbocycles. The van der Waals surface area contributed by atoms with Crippen LogP contribution in [0.2, 0.25) is 0 Å². The molecule has 0 saturated carbocycles. The Kier molecular flexibility index (Phi) is 7.73. The molecule has 0 unspecified atom stereocenters. The van der Waals surface area contributed by atoms with Gasteiger partial charge in [-0.1, -0.05) is 12.1 Å². The third-order valence-electron chi connectivity index (χ3n) is 6.07. The Labute approximate surface area is 220 Å². The first-order valence-electron chi connectivity index (χ1n) is 11.8. The number of carboxylic acids is 1. The van der Waals surface area contributed by atoms with E-state index in [1.807, 2.05) is 55.7 Å². The number of aromatic nitrogens is 4. The number of carboxylic acid groups (broad SMARTS) is 1. The monoisotopic (exact) mass is 518 g/mol. The molecular formula is C28H30N4O4S. The summed E-state index contributed by atoms with van der Waals surface area (Å²) in [7, 11) is 3.18. The second-order valence-corrected chi connectivity index (χ2v) is 9.58. The lowest BCUT2D eigenvalue weighted by Gasteiger charge is -2.11. The maximum atomic E-state index is 12.3. The van der Waals surface area contributed by atoms with Crippen molar-refractivity contribution in [3.05, 3.63) is 76.0 Å². The molecule has 0 aliphatic rings. The van der Waals surface area contributed by atoms with Gasteiger partial charge in [-0.3, -0.25) is 0 Å². The van der Waals surface area contributed by atoms with Crippen molar-refractivity contribution in [2.75, 3.05) is 14.2 Å². The maximum Gasteiger partial charge on any atom is 0.342 e. The number of rotatable bonds is 9. The van der Waals surface area contributed by atoms with E-state index in [0.717, 1.165) is 45.5 Å². The van der Waals surface area contributed by atoms with Crippen molar-refractivity contribution < 1.29 is 19.4 Å². The Hall–Kier alpha value is -3.98. The number of thioether (sulfide) groups is 1. The molecule has 0 aliphatic heterocycles. The van der Waals surface area contributed by atoms with Gasteiger partial charge < -0.3 is 23.7 Å². The maximum absolute atomic E-state index is 12.3. The third-order valence-corrected chi connectivity index (χ3v) is 7.07. The molecule has 2 heterocycles. The highest BCUT2D eigenvalue weighted by Crippen LogP contribution is 2.34. The Morgan fingerprint density at radius 2 is 1.73 bits per heavy atom. The van der Waals surface area contributed by atoms with Crippen molar-refractivity contribution >= 4 is 23.8 Å². The number of carbonyl (C=O) groups is 1. The molecule has 2 aromatic carbocycles. The molecule has 0 bridgehead atoms. The fraction of sp³-hybridized carbons (Fsp3) is 0.250. The Bertz CT molecular complexity index is 1460. The molecule has 1 N–H and O–H groups in total. The van der Waals surface area contributed by atoms with Crippen molar-refractivity contribution in [2.24, 2.45) is 0 Å². The lowest BCUT2D eigenvalue weighted by molar-refractivity contribution is -0.131. The number of aryl methyl sites for hydroxylation is 2. The highest BCUT2D eigenvalue weighted by molar-refractivity contribution is 8.04. The molecule has 0 atom stereocenters. The minimum atomic E-state index is -1.03. The molecular weight excluding hydrogens is 488 g/mol. The van der Waals surface area contributed by atoms with Crippen molar-refractivity contribution in [3.8, 4) is 28.6 Å². The van der Waals surface area contributed by atoms with Crippen LogP contribution in [0, 0.1) is 20.8 Å². The summed E-state index contributed by atoms with van der Waals surface area (Å²) in [4.78, 5) is 12.4. The minimum Gasteiger partial charge on any atom is -0.497 e. The van der Waals surface area contributed by atoms with Gasteiger partial charge in [-0.2, -0.15) is 0 Å². The number of hydrogen-bond acceptors (Lipinski definition) is 6. The lowest BCUT2D eigenvalue weighted by atomic mass is 10.2. The molecule has 4 rings (SSSR count). The molecule has 0 spiro atoms. The predicted molar refractivity (Wildman–Crippen MR) is 146 cm³/mol. The summed E-state index contributed by atoms with van der Waals surface area (Å²) in [5.74, 6) is 0.832. The van der Waals surface area contributed by atoms with Crippen molar-refractivity contribution in [3.63, 3.8) is 0 Å². The van der Waals surface area contributed by atoms with Crippen LogP contribution in [0.4, 0.5) is 0 Å². The number of benzene rings is 2. The van der Waals surface area contributed by atoms with Crippen molar-refractivity contribution in [1.29, 1.82) is 0 Å². The van der Waals surface area contributed by atoms with Crippen LogP contribution in [0.25, 0.3) is 23.2 Å². The molecule has 0 saturated heterocycles. The van der Waals surface area contributed by atoms with Crippen LogP contribution in [0.15, 0.2) is 58.6 Å². The molecule has 192 valence electrons. The summed E-state index contributed by atoms with van der Waals surface area (Å²) in [6, 6.07) is 15.7. The zero-order valence-corrected chi connectivity index (χ0v) is 22.6. The number of ether oxygens (including phenoxy) is 2. The van der Waals surface area contributed by atoms with Gasteiger partial charge in [0.1, 0.15) is 16.4 Å². The average molecular weight is 519 g/mol. The molecule has 0 amide bonds. The van der Waals surface area contributed by atoms with E-state index in [0.29, 0.717) is 29.0 Å². The summed E-state index contributed by atoms with van der Waals surface area (Å²) in [5, 5.41) is 19.2. The summed E-state index contributed by atoms with van der Waals surface area (Å²) in [5.41, 5.74) is 5.79. The number of aliphatic carboxylic acids is 1. The van der Waals surface area contributed by atoms with Crippen molar-refractivity contribution in [2.45, 2.75) is 39.4 Å². The van der Waals surface area contributed by atoms with Gasteiger partial charge in [-0.05, 0) is 87.0 Å². The SMILES string of the molecule is CCn1c(S/C(=C/c2cc(C)n(-c3cccc(C)c3)c2C)C(=O)O)nnc1-c1cc(OC)cc(OC)c1. The van der Waals surface area contributed by atoms with Gasteiger partial charge in [-0.25, -0.2) is 4.79 Å². The number of methoxy groups -OCH3 is 2. The smallest absolute Gasteiger partial charge is 0.342 e. The van der Waals surface area contributed by atoms with Gasteiger partial charge in [-0.15, -0.1) is 10.2 Å². The van der Waals surface area contributed by atoms with Gasteiger partial charge >= 0.3 is 5.97 Å². The lowest BCUT2D eigenvalue weighted by Crippen LogP contribution is -2.03. The van der Waals surface area contributed by atoms with E-state index in [1.165, 1.54) is 0 Å². The van der Waals surface area contributed by atoms with E-state index < -0.39 is 5.97 Å². The zero-order chi connectivity index (χ0) is 26.7. The number of hydrogen-bond donors (Lipinski definition) is 1. The first-order chi connectivity index (χ1) is 17.7. The largest absolute Gasteiger partial charge is 0.497 e. The summed E-state index contributed by atoms with van der Waals surface area (Å²) in [6.07, 6.45) is 1.70. The van der Waals surface area contributed by atoms with Crippen LogP contribution in [0.3, 0.4) is 0 Å². The zero-order valence-electron chi connectivity index (χ0n) is 21.8. The normalized spacial score (nSPS) is 11.6. The topological polar surface area (TPSA) is 91.4 Å². The van der Waals surface area contributed by atoms with E-state index in [-0.39, 0.29) is 4.91 Å².